The second kappa shape index (κ2) is 26.5. The molecule has 39 heavy (non-hydrogen) atoms. The van der Waals surface area contributed by atoms with Gasteiger partial charge in [0.15, 0.2) is 0 Å². The Morgan fingerprint density at radius 2 is 1.74 bits per heavy atom. The highest BCUT2D eigenvalue weighted by Gasteiger charge is 2.04. The molecular formula is C30H46N6O3. The van der Waals surface area contributed by atoms with Crippen LogP contribution in [0.15, 0.2) is 83.7 Å². The van der Waals surface area contributed by atoms with Crippen molar-refractivity contribution in [3.63, 3.8) is 0 Å². The quantitative estimate of drug-likeness (QED) is 0.106. The fourth-order valence-electron chi connectivity index (χ4n) is 2.48. The van der Waals surface area contributed by atoms with Crippen molar-refractivity contribution in [1.82, 2.24) is 25.7 Å². The van der Waals surface area contributed by atoms with Gasteiger partial charge in [0, 0.05) is 45.0 Å². The summed E-state index contributed by atoms with van der Waals surface area (Å²) < 4.78 is 6.73. The van der Waals surface area contributed by atoms with Crippen LogP contribution < -0.4 is 21.4 Å². The number of nitrogens with one attached hydrogen (secondary N) is 4. The lowest BCUT2D eigenvalue weighted by Gasteiger charge is -2.08. The summed E-state index contributed by atoms with van der Waals surface area (Å²) in [6.45, 7) is 16.2. The summed E-state index contributed by atoms with van der Waals surface area (Å²) in [5.74, 6) is 0.803. The van der Waals surface area contributed by atoms with Gasteiger partial charge in [-0.15, -0.1) is 26.0 Å². The van der Waals surface area contributed by atoms with Gasteiger partial charge in [-0.3, -0.25) is 4.79 Å². The van der Waals surface area contributed by atoms with Crippen LogP contribution in [0.25, 0.3) is 5.70 Å². The van der Waals surface area contributed by atoms with Gasteiger partial charge in [-0.2, -0.15) is 5.10 Å². The zero-order valence-electron chi connectivity index (χ0n) is 24.5. The van der Waals surface area contributed by atoms with Crippen LogP contribution in [0.3, 0.4) is 0 Å². The summed E-state index contributed by atoms with van der Waals surface area (Å²) in [7, 11) is 3.43. The van der Waals surface area contributed by atoms with E-state index in [1.165, 1.54) is 12.3 Å². The van der Waals surface area contributed by atoms with Crippen LogP contribution in [0, 0.1) is 18.3 Å². The molecule has 0 radical (unpaired) electrons. The molecule has 9 nitrogen and oxygen atoms in total. The largest absolute Gasteiger partial charge is 0.501 e. The van der Waals surface area contributed by atoms with E-state index < -0.39 is 0 Å². The van der Waals surface area contributed by atoms with E-state index in [0.717, 1.165) is 22.6 Å². The molecule has 1 aromatic rings. The molecule has 2 amide bonds. The van der Waals surface area contributed by atoms with E-state index in [2.05, 4.69) is 47.1 Å². The third kappa shape index (κ3) is 21.2. The molecule has 0 bridgehead atoms. The van der Waals surface area contributed by atoms with Gasteiger partial charge in [-0.1, -0.05) is 35.5 Å². The van der Waals surface area contributed by atoms with E-state index in [0.29, 0.717) is 25.2 Å². The van der Waals surface area contributed by atoms with Gasteiger partial charge in [0.1, 0.15) is 5.69 Å². The first-order valence-electron chi connectivity index (χ1n) is 12.1. The normalized spacial score (nSPS) is 11.4. The van der Waals surface area contributed by atoms with Crippen molar-refractivity contribution in [3.8, 4) is 12.8 Å². The average Bonchev–Trinajstić information content (AvgIpc) is 2.94. The third-order valence-electron chi connectivity index (χ3n) is 4.39. The van der Waals surface area contributed by atoms with Crippen molar-refractivity contribution in [1.29, 1.82) is 5.41 Å². The van der Waals surface area contributed by atoms with Crippen LogP contribution in [0.1, 0.15) is 40.3 Å². The second-order valence-corrected chi connectivity index (χ2v) is 7.61. The first-order valence-corrected chi connectivity index (χ1v) is 12.1. The van der Waals surface area contributed by atoms with Crippen molar-refractivity contribution in [3.05, 3.63) is 94.8 Å². The lowest BCUT2D eigenvalue weighted by molar-refractivity contribution is 0.242. The number of nitrogens with zero attached hydrogens (tertiary/aromatic N) is 2. The Labute approximate surface area is 234 Å². The lowest BCUT2D eigenvalue weighted by Crippen LogP contribution is -2.36. The zero-order valence-corrected chi connectivity index (χ0v) is 24.5. The molecule has 0 saturated heterocycles. The Morgan fingerprint density at radius 3 is 2.31 bits per heavy atom. The van der Waals surface area contributed by atoms with Gasteiger partial charge >= 0.3 is 6.03 Å². The zero-order chi connectivity index (χ0) is 30.6. The maximum atomic E-state index is 12.1. The Morgan fingerprint density at radius 1 is 1.13 bits per heavy atom. The number of hydrogen-bond donors (Lipinski definition) is 4. The van der Waals surface area contributed by atoms with E-state index in [1.54, 1.807) is 24.9 Å². The SMILES string of the molecule is C#C.C=C.CC=N.CN/C=C(\C)n1ccc(=O)c(C/C(C)=C/C=C\CNC(=O)NC/C(C)=C/C=C(\C)OC)n1. The highest BCUT2D eigenvalue weighted by Crippen LogP contribution is 2.04. The van der Waals surface area contributed by atoms with E-state index in [9.17, 15) is 9.59 Å². The number of terminal acetylenes is 1. The third-order valence-corrected chi connectivity index (χ3v) is 4.39. The highest BCUT2D eigenvalue weighted by molar-refractivity contribution is 5.74. The fourth-order valence-corrected chi connectivity index (χ4v) is 2.48. The van der Waals surface area contributed by atoms with Crippen molar-refractivity contribution in [2.45, 2.75) is 41.0 Å². The van der Waals surface area contributed by atoms with Gasteiger partial charge in [-0.05, 0) is 46.9 Å². The second-order valence-electron chi connectivity index (χ2n) is 7.61. The number of hydrogen-bond acceptors (Lipinski definition) is 6. The van der Waals surface area contributed by atoms with Crippen LogP contribution in [-0.2, 0) is 11.2 Å². The van der Waals surface area contributed by atoms with Gasteiger partial charge in [-0.25, -0.2) is 9.48 Å². The van der Waals surface area contributed by atoms with Crippen LogP contribution in [0.2, 0.25) is 0 Å². The number of rotatable bonds is 11. The average molecular weight is 539 g/mol. The number of ether oxygens (including phenoxy) is 1. The fraction of sp³-hybridized carbons (Fsp3) is 0.333. The maximum Gasteiger partial charge on any atom is 0.315 e. The Hall–Kier alpha value is -4.58. The number of methoxy groups -OCH3 is 1. The van der Waals surface area contributed by atoms with Gasteiger partial charge in [0.25, 0.3) is 0 Å². The Balaban J connectivity index is -0.00000169. The molecule has 0 aliphatic rings. The molecule has 0 unspecified atom stereocenters. The van der Waals surface area contributed by atoms with Crippen LogP contribution in [-0.4, -0.2) is 49.3 Å². The van der Waals surface area contributed by atoms with E-state index in [-0.39, 0.29) is 11.5 Å². The minimum absolute atomic E-state index is 0.0919. The van der Waals surface area contributed by atoms with Gasteiger partial charge in [0.2, 0.25) is 5.43 Å². The monoisotopic (exact) mass is 538 g/mol. The smallest absolute Gasteiger partial charge is 0.315 e. The van der Waals surface area contributed by atoms with Gasteiger partial charge < -0.3 is 26.1 Å². The van der Waals surface area contributed by atoms with E-state index in [4.69, 9.17) is 10.1 Å². The molecule has 1 aromatic heterocycles. The van der Waals surface area contributed by atoms with Crippen molar-refractivity contribution in [2.75, 3.05) is 27.2 Å². The van der Waals surface area contributed by atoms with E-state index in [1.807, 2.05) is 71.3 Å². The van der Waals surface area contributed by atoms with E-state index >= 15 is 0 Å². The van der Waals surface area contributed by atoms with Crippen molar-refractivity contribution in [2.24, 2.45) is 0 Å². The predicted octanol–water partition coefficient (Wildman–Crippen LogP) is 4.83. The number of amides is 2. The topological polar surface area (TPSA) is 121 Å². The molecule has 1 rings (SSSR count). The lowest BCUT2D eigenvalue weighted by atomic mass is 10.1. The number of aromatic nitrogens is 2. The van der Waals surface area contributed by atoms with Crippen LogP contribution in [0.4, 0.5) is 4.79 Å². The summed E-state index contributed by atoms with van der Waals surface area (Å²) >= 11 is 0. The van der Waals surface area contributed by atoms with Crippen molar-refractivity contribution < 1.29 is 9.53 Å². The minimum atomic E-state index is -0.241. The molecule has 214 valence electrons. The number of carbonyl (C=O) groups excluding carboxylic acids is 1. The minimum Gasteiger partial charge on any atom is -0.501 e. The molecule has 0 aliphatic heterocycles. The number of carbonyl (C=O) groups is 1. The molecule has 9 heteroatoms. The van der Waals surface area contributed by atoms with Crippen LogP contribution >= 0.6 is 0 Å². The molecule has 0 saturated carbocycles. The summed E-state index contributed by atoms with van der Waals surface area (Å²) in [6, 6.07) is 1.28. The molecule has 0 aromatic carbocycles. The highest BCUT2D eigenvalue weighted by atomic mass is 16.5. The number of allylic oxidation sites excluding steroid dienone is 7. The van der Waals surface area contributed by atoms with Crippen LogP contribution in [0.5, 0.6) is 0 Å². The first kappa shape index (κ1) is 38.9. The molecule has 1 heterocycles. The van der Waals surface area contributed by atoms with Gasteiger partial charge in [0.05, 0.1) is 18.6 Å². The maximum absolute atomic E-state index is 12.1. The molecule has 0 atom stereocenters. The molecule has 0 fully saturated rings. The Kier molecular flexibility index (Phi) is 26.4. The number of urea groups is 1. The summed E-state index contributed by atoms with van der Waals surface area (Å²) in [6.07, 6.45) is 22.5. The molecular weight excluding hydrogens is 492 g/mol. The summed E-state index contributed by atoms with van der Waals surface area (Å²) in [4.78, 5) is 24.0. The first-order chi connectivity index (χ1) is 18.7. The molecule has 0 spiro atoms. The summed E-state index contributed by atoms with van der Waals surface area (Å²) in [5.41, 5.74) is 3.27. The predicted molar refractivity (Wildman–Crippen MR) is 166 cm³/mol. The summed E-state index contributed by atoms with van der Waals surface area (Å²) in [5, 5.41) is 19.0. The molecule has 4 N–H and O–H groups in total. The Bertz CT molecular complexity index is 1080. The standard InChI is InChI=1S/C24H35N5O3.C2H5N.C2H4.C2H2/c1-18(15-22-23(30)12-14-29(28-22)20(3)17-25-5)9-7-8-13-26-24(31)27-16-19(2)10-11-21(4)32-6;1-2-3;2*1-2/h7-12,14,17,25H,13,15-16H2,1-6H3,(H2,26,27,31);2-3H,1H3;1-2H2;1-2H/b8-7-,18-9+,19-10+,20-17+,21-11+;;;. The van der Waals surface area contributed by atoms with Crippen molar-refractivity contribution >= 4 is 17.9 Å². The molecule has 0 aliphatic carbocycles.